The Balaban J connectivity index is 2.80. The summed E-state index contributed by atoms with van der Waals surface area (Å²) in [7, 11) is 1.91. The second-order valence-corrected chi connectivity index (χ2v) is 4.13. The van der Waals surface area contributed by atoms with Gasteiger partial charge in [-0.25, -0.2) is 0 Å². The van der Waals surface area contributed by atoms with Gasteiger partial charge in [-0.2, -0.15) is 5.10 Å². The molecule has 5 heteroatoms. The highest BCUT2D eigenvalue weighted by molar-refractivity contribution is 5.06. The van der Waals surface area contributed by atoms with E-state index in [9.17, 15) is 0 Å². The Morgan fingerprint density at radius 3 is 2.39 bits per heavy atom. The van der Waals surface area contributed by atoms with Crippen LogP contribution in [-0.4, -0.2) is 35.8 Å². The van der Waals surface area contributed by atoms with E-state index in [4.69, 9.17) is 9.47 Å². The van der Waals surface area contributed by atoms with Gasteiger partial charge in [0.25, 0.3) is 0 Å². The molecular formula is C13H25N3O2. The van der Waals surface area contributed by atoms with Gasteiger partial charge >= 0.3 is 0 Å². The summed E-state index contributed by atoms with van der Waals surface area (Å²) in [5.41, 5.74) is 0.956. The summed E-state index contributed by atoms with van der Waals surface area (Å²) in [6, 6.07) is 1.98. The molecule has 0 spiro atoms. The molecule has 0 aliphatic rings. The molecule has 0 saturated heterocycles. The highest BCUT2D eigenvalue weighted by atomic mass is 16.7. The van der Waals surface area contributed by atoms with Crippen LogP contribution in [0.25, 0.3) is 0 Å². The van der Waals surface area contributed by atoms with Crippen molar-refractivity contribution in [2.75, 3.05) is 19.8 Å². The molecule has 1 unspecified atom stereocenters. The van der Waals surface area contributed by atoms with Crippen LogP contribution in [0.4, 0.5) is 0 Å². The summed E-state index contributed by atoms with van der Waals surface area (Å²) < 4.78 is 13.1. The molecule has 1 N–H and O–H groups in total. The number of hydrogen-bond acceptors (Lipinski definition) is 4. The summed E-state index contributed by atoms with van der Waals surface area (Å²) in [5, 5.41) is 7.89. The monoisotopic (exact) mass is 255 g/mol. The molecule has 0 aromatic carbocycles. The average Bonchev–Trinajstić information content (AvgIpc) is 2.77. The van der Waals surface area contributed by atoms with Gasteiger partial charge in [-0.05, 0) is 32.9 Å². The number of ether oxygens (including phenoxy) is 2. The predicted molar refractivity (Wildman–Crippen MR) is 71.3 cm³/mol. The van der Waals surface area contributed by atoms with Gasteiger partial charge < -0.3 is 14.8 Å². The third kappa shape index (κ3) is 4.40. The van der Waals surface area contributed by atoms with Crippen molar-refractivity contribution in [3.63, 3.8) is 0 Å². The fraction of sp³-hybridized carbons (Fsp3) is 0.769. The van der Waals surface area contributed by atoms with Crippen LogP contribution in [0.5, 0.6) is 0 Å². The SMILES string of the molecule is CCCNC(c1ccn(C)n1)C(OCC)OCC. The van der Waals surface area contributed by atoms with Gasteiger partial charge in [-0.1, -0.05) is 6.92 Å². The quantitative estimate of drug-likeness (QED) is 0.684. The van der Waals surface area contributed by atoms with Crippen molar-refractivity contribution in [1.82, 2.24) is 15.1 Å². The average molecular weight is 255 g/mol. The van der Waals surface area contributed by atoms with Crippen molar-refractivity contribution in [1.29, 1.82) is 0 Å². The molecular weight excluding hydrogens is 230 g/mol. The van der Waals surface area contributed by atoms with Gasteiger partial charge in [0.15, 0.2) is 6.29 Å². The van der Waals surface area contributed by atoms with Gasteiger partial charge in [-0.15, -0.1) is 0 Å². The highest BCUT2D eigenvalue weighted by Crippen LogP contribution is 2.19. The molecule has 1 atom stereocenters. The number of aromatic nitrogens is 2. The van der Waals surface area contributed by atoms with Crippen molar-refractivity contribution >= 4 is 0 Å². The zero-order valence-electron chi connectivity index (χ0n) is 11.8. The van der Waals surface area contributed by atoms with E-state index < -0.39 is 0 Å². The molecule has 1 aromatic rings. The lowest BCUT2D eigenvalue weighted by Crippen LogP contribution is -2.36. The molecule has 0 aliphatic heterocycles. The Morgan fingerprint density at radius 2 is 1.94 bits per heavy atom. The van der Waals surface area contributed by atoms with Crippen molar-refractivity contribution in [2.24, 2.45) is 7.05 Å². The van der Waals surface area contributed by atoms with E-state index in [1.54, 1.807) is 4.68 Å². The second-order valence-electron chi connectivity index (χ2n) is 4.13. The smallest absolute Gasteiger partial charge is 0.178 e. The normalized spacial score (nSPS) is 13.2. The van der Waals surface area contributed by atoms with Crippen molar-refractivity contribution in [3.05, 3.63) is 18.0 Å². The number of nitrogens with one attached hydrogen (secondary N) is 1. The van der Waals surface area contributed by atoms with E-state index in [2.05, 4.69) is 17.3 Å². The Morgan fingerprint density at radius 1 is 1.28 bits per heavy atom. The van der Waals surface area contributed by atoms with Crippen LogP contribution < -0.4 is 5.32 Å². The predicted octanol–water partition coefficient (Wildman–Crippen LogP) is 1.86. The van der Waals surface area contributed by atoms with Crippen molar-refractivity contribution < 1.29 is 9.47 Å². The first-order valence-corrected chi connectivity index (χ1v) is 6.69. The molecule has 0 amide bonds. The van der Waals surface area contributed by atoms with Crippen LogP contribution in [0.3, 0.4) is 0 Å². The standard InChI is InChI=1S/C13H25N3O2/c1-5-9-14-12(11-8-10-16(4)15-11)13(17-6-2)18-7-3/h8,10,12-14H,5-7,9H2,1-4H3. The summed E-state index contributed by atoms with van der Waals surface area (Å²) in [6.07, 6.45) is 2.71. The maximum atomic E-state index is 5.67. The zero-order valence-corrected chi connectivity index (χ0v) is 11.8. The molecule has 0 radical (unpaired) electrons. The van der Waals surface area contributed by atoms with Crippen LogP contribution in [0.1, 0.15) is 38.9 Å². The summed E-state index contributed by atoms with van der Waals surface area (Å²) in [4.78, 5) is 0. The molecule has 1 heterocycles. The van der Waals surface area contributed by atoms with E-state index in [1.165, 1.54) is 0 Å². The third-order valence-corrected chi connectivity index (χ3v) is 2.60. The van der Waals surface area contributed by atoms with Gasteiger partial charge in [0.1, 0.15) is 6.04 Å². The van der Waals surface area contributed by atoms with Crippen LogP contribution in [0.15, 0.2) is 12.3 Å². The van der Waals surface area contributed by atoms with Crippen LogP contribution >= 0.6 is 0 Å². The van der Waals surface area contributed by atoms with E-state index in [1.807, 2.05) is 33.2 Å². The third-order valence-electron chi connectivity index (χ3n) is 2.60. The lowest BCUT2D eigenvalue weighted by molar-refractivity contribution is -0.155. The van der Waals surface area contributed by atoms with Crippen molar-refractivity contribution in [2.45, 2.75) is 39.5 Å². The van der Waals surface area contributed by atoms with Crippen molar-refractivity contribution in [3.8, 4) is 0 Å². The van der Waals surface area contributed by atoms with Gasteiger partial charge in [0, 0.05) is 26.5 Å². The molecule has 18 heavy (non-hydrogen) atoms. The Hall–Kier alpha value is -0.910. The van der Waals surface area contributed by atoms with E-state index >= 15 is 0 Å². The first kappa shape index (κ1) is 15.1. The number of hydrogen-bond donors (Lipinski definition) is 1. The molecule has 0 saturated carbocycles. The molecule has 5 nitrogen and oxygen atoms in total. The fourth-order valence-corrected chi connectivity index (χ4v) is 1.81. The maximum Gasteiger partial charge on any atom is 0.178 e. The molecule has 1 rings (SSSR count). The molecule has 104 valence electrons. The van der Waals surface area contributed by atoms with Gasteiger partial charge in [-0.3, -0.25) is 4.68 Å². The molecule has 0 fully saturated rings. The van der Waals surface area contributed by atoms with E-state index in [0.29, 0.717) is 13.2 Å². The lowest BCUT2D eigenvalue weighted by Gasteiger charge is -2.26. The fourth-order valence-electron chi connectivity index (χ4n) is 1.81. The minimum Gasteiger partial charge on any atom is -0.351 e. The molecule has 0 bridgehead atoms. The van der Waals surface area contributed by atoms with Crippen LogP contribution in [0.2, 0.25) is 0 Å². The largest absolute Gasteiger partial charge is 0.351 e. The second kappa shape index (κ2) is 8.24. The van der Waals surface area contributed by atoms with E-state index in [0.717, 1.165) is 18.7 Å². The van der Waals surface area contributed by atoms with Crippen LogP contribution in [0, 0.1) is 0 Å². The maximum absolute atomic E-state index is 5.67. The summed E-state index contributed by atoms with van der Waals surface area (Å²) in [5.74, 6) is 0. The first-order chi connectivity index (χ1) is 8.72. The summed E-state index contributed by atoms with van der Waals surface area (Å²) >= 11 is 0. The lowest BCUT2D eigenvalue weighted by atomic mass is 10.2. The topological polar surface area (TPSA) is 48.3 Å². The molecule has 1 aromatic heterocycles. The number of rotatable bonds is 9. The number of nitrogens with zero attached hydrogens (tertiary/aromatic N) is 2. The van der Waals surface area contributed by atoms with Gasteiger partial charge in [0.2, 0.25) is 0 Å². The Kier molecular flexibility index (Phi) is 6.93. The first-order valence-electron chi connectivity index (χ1n) is 6.69. The minimum atomic E-state index is -0.290. The Bertz CT molecular complexity index is 322. The van der Waals surface area contributed by atoms with E-state index in [-0.39, 0.29) is 12.3 Å². The Labute approximate surface area is 109 Å². The molecule has 0 aliphatic carbocycles. The minimum absolute atomic E-state index is 0.0222. The number of aryl methyl sites for hydroxylation is 1. The van der Waals surface area contributed by atoms with Gasteiger partial charge in [0.05, 0.1) is 5.69 Å². The zero-order chi connectivity index (χ0) is 13.4. The highest BCUT2D eigenvalue weighted by Gasteiger charge is 2.25. The summed E-state index contributed by atoms with van der Waals surface area (Å²) in [6.45, 7) is 8.25. The van der Waals surface area contributed by atoms with Crippen LogP contribution in [-0.2, 0) is 16.5 Å².